The second kappa shape index (κ2) is 7.53. The largest absolute Gasteiger partial charge is 0.494 e. The smallest absolute Gasteiger partial charge is 0.262 e. The van der Waals surface area contributed by atoms with Crippen LogP contribution in [-0.4, -0.2) is 27.5 Å². The summed E-state index contributed by atoms with van der Waals surface area (Å²) < 4.78 is 38.6. The Labute approximate surface area is 156 Å². The van der Waals surface area contributed by atoms with Crippen LogP contribution in [0.25, 0.3) is 0 Å². The van der Waals surface area contributed by atoms with E-state index in [1.807, 2.05) is 13.0 Å². The Morgan fingerprint density at radius 2 is 2.08 bits per heavy atom. The molecule has 0 atom stereocenters. The molecule has 0 spiro atoms. The number of benzene rings is 2. The third-order valence-electron chi connectivity index (χ3n) is 3.68. The quantitative estimate of drug-likeness (QED) is 0.782. The number of nitrogens with one attached hydrogen (secondary N) is 2. The highest BCUT2D eigenvalue weighted by molar-refractivity contribution is 7.89. The average Bonchev–Trinajstić information content (AvgIpc) is 2.60. The Morgan fingerprint density at radius 3 is 2.85 bits per heavy atom. The summed E-state index contributed by atoms with van der Waals surface area (Å²) in [5.74, 6) is 0.541. The summed E-state index contributed by atoms with van der Waals surface area (Å²) in [6.45, 7) is 2.20. The lowest BCUT2D eigenvalue weighted by atomic mass is 10.2. The molecule has 9 heteroatoms. The van der Waals surface area contributed by atoms with Gasteiger partial charge in [-0.1, -0.05) is 29.8 Å². The van der Waals surface area contributed by atoms with Gasteiger partial charge >= 0.3 is 0 Å². The molecule has 1 aliphatic heterocycles. The SMILES string of the molecule is CCOc1ccccc1CNS(=O)(=O)c1cc2c(cc1Cl)NC(=O)CO2. The number of hydrogen-bond acceptors (Lipinski definition) is 5. The van der Waals surface area contributed by atoms with Crippen LogP contribution in [-0.2, 0) is 21.4 Å². The van der Waals surface area contributed by atoms with E-state index >= 15 is 0 Å². The monoisotopic (exact) mass is 396 g/mol. The van der Waals surface area contributed by atoms with Crippen LogP contribution in [0.1, 0.15) is 12.5 Å². The van der Waals surface area contributed by atoms with Crippen LogP contribution in [0.2, 0.25) is 5.02 Å². The van der Waals surface area contributed by atoms with E-state index in [1.54, 1.807) is 18.2 Å². The standard InChI is InChI=1S/C17H17ClN2O5S/c1-2-24-14-6-4-3-5-11(14)9-19-26(22,23)16-8-15-13(7-12(16)18)20-17(21)10-25-15/h3-8,19H,2,9-10H2,1H3,(H,20,21). The van der Waals surface area contributed by atoms with E-state index in [2.05, 4.69) is 10.0 Å². The van der Waals surface area contributed by atoms with E-state index in [9.17, 15) is 13.2 Å². The molecule has 1 heterocycles. The second-order valence-electron chi connectivity index (χ2n) is 5.48. The van der Waals surface area contributed by atoms with Crippen molar-refractivity contribution in [3.63, 3.8) is 0 Å². The molecule has 2 aromatic rings. The lowest BCUT2D eigenvalue weighted by Gasteiger charge is -2.19. The highest BCUT2D eigenvalue weighted by Gasteiger charge is 2.24. The van der Waals surface area contributed by atoms with Crippen LogP contribution >= 0.6 is 11.6 Å². The number of rotatable bonds is 6. The zero-order valence-corrected chi connectivity index (χ0v) is 15.5. The molecular formula is C17H17ClN2O5S. The minimum atomic E-state index is -3.90. The van der Waals surface area contributed by atoms with Gasteiger partial charge in [-0.2, -0.15) is 0 Å². The van der Waals surface area contributed by atoms with Gasteiger partial charge in [0.1, 0.15) is 16.4 Å². The average molecular weight is 397 g/mol. The van der Waals surface area contributed by atoms with Gasteiger partial charge in [0.25, 0.3) is 5.91 Å². The molecular weight excluding hydrogens is 380 g/mol. The summed E-state index contributed by atoms with van der Waals surface area (Å²) in [6, 6.07) is 9.82. The van der Waals surface area contributed by atoms with Crippen LogP contribution in [0.3, 0.4) is 0 Å². The molecule has 0 aromatic heterocycles. The maximum Gasteiger partial charge on any atom is 0.262 e. The van der Waals surface area contributed by atoms with E-state index in [0.29, 0.717) is 23.6 Å². The summed E-state index contributed by atoms with van der Waals surface area (Å²) in [5.41, 5.74) is 1.04. The van der Waals surface area contributed by atoms with E-state index in [1.165, 1.54) is 12.1 Å². The molecule has 0 bridgehead atoms. The van der Waals surface area contributed by atoms with Gasteiger partial charge in [-0.15, -0.1) is 0 Å². The fourth-order valence-corrected chi connectivity index (χ4v) is 4.03. The highest BCUT2D eigenvalue weighted by atomic mass is 35.5. The Hall–Kier alpha value is -2.29. The van der Waals surface area contributed by atoms with Gasteiger partial charge in [0.05, 0.1) is 17.3 Å². The molecule has 1 aliphatic rings. The molecule has 0 fully saturated rings. The number of amides is 1. The Balaban J connectivity index is 1.84. The fourth-order valence-electron chi connectivity index (χ4n) is 2.48. The highest BCUT2D eigenvalue weighted by Crippen LogP contribution is 2.35. The molecule has 26 heavy (non-hydrogen) atoms. The maximum absolute atomic E-state index is 12.7. The fraction of sp³-hybridized carbons (Fsp3) is 0.235. The summed E-state index contributed by atoms with van der Waals surface area (Å²) in [4.78, 5) is 11.2. The lowest BCUT2D eigenvalue weighted by molar-refractivity contribution is -0.118. The van der Waals surface area contributed by atoms with Crippen LogP contribution in [0, 0.1) is 0 Å². The van der Waals surface area contributed by atoms with Gasteiger partial charge in [-0.25, -0.2) is 13.1 Å². The van der Waals surface area contributed by atoms with Crippen molar-refractivity contribution in [2.24, 2.45) is 0 Å². The lowest BCUT2D eigenvalue weighted by Crippen LogP contribution is -2.27. The summed E-state index contributed by atoms with van der Waals surface area (Å²) in [5, 5.41) is 2.56. The molecule has 0 saturated carbocycles. The van der Waals surface area contributed by atoms with Crippen LogP contribution in [0.4, 0.5) is 5.69 Å². The first-order chi connectivity index (χ1) is 12.4. The van der Waals surface area contributed by atoms with Gasteiger partial charge in [0, 0.05) is 18.2 Å². The number of fused-ring (bicyclic) bond motifs is 1. The third-order valence-corrected chi connectivity index (χ3v) is 5.55. The number of para-hydroxylation sites is 1. The molecule has 1 amide bonds. The van der Waals surface area contributed by atoms with Gasteiger partial charge in [0.2, 0.25) is 10.0 Å². The number of sulfonamides is 1. The van der Waals surface area contributed by atoms with Crippen molar-refractivity contribution in [1.82, 2.24) is 4.72 Å². The van der Waals surface area contributed by atoms with Gasteiger partial charge < -0.3 is 14.8 Å². The first kappa shape index (κ1) is 18.5. The number of carbonyl (C=O) groups excluding carboxylic acids is 1. The van der Waals surface area contributed by atoms with Gasteiger partial charge in [-0.05, 0) is 19.1 Å². The van der Waals surface area contributed by atoms with Crippen molar-refractivity contribution in [3.05, 3.63) is 47.0 Å². The number of carbonyl (C=O) groups is 1. The summed E-state index contributed by atoms with van der Waals surface area (Å²) in [6.07, 6.45) is 0. The summed E-state index contributed by atoms with van der Waals surface area (Å²) >= 11 is 6.11. The molecule has 2 aromatic carbocycles. The molecule has 0 saturated heterocycles. The van der Waals surface area contributed by atoms with Gasteiger partial charge in [0.15, 0.2) is 6.61 Å². The second-order valence-corrected chi connectivity index (χ2v) is 7.62. The predicted octanol–water partition coefficient (Wildman–Crippen LogP) is 2.55. The third kappa shape index (κ3) is 3.92. The molecule has 3 rings (SSSR count). The number of hydrogen-bond donors (Lipinski definition) is 2. The number of anilines is 1. The molecule has 7 nitrogen and oxygen atoms in total. The Bertz CT molecular complexity index is 946. The molecule has 0 aliphatic carbocycles. The van der Waals surface area contributed by atoms with E-state index < -0.39 is 10.0 Å². The molecule has 2 N–H and O–H groups in total. The van der Waals surface area contributed by atoms with Crippen LogP contribution in [0.5, 0.6) is 11.5 Å². The van der Waals surface area contributed by atoms with Crippen molar-refractivity contribution < 1.29 is 22.7 Å². The van der Waals surface area contributed by atoms with E-state index in [-0.39, 0.29) is 34.7 Å². The maximum atomic E-state index is 12.7. The first-order valence-corrected chi connectivity index (χ1v) is 9.73. The van der Waals surface area contributed by atoms with Crippen molar-refractivity contribution in [3.8, 4) is 11.5 Å². The topological polar surface area (TPSA) is 93.7 Å². The molecule has 138 valence electrons. The first-order valence-electron chi connectivity index (χ1n) is 7.87. The van der Waals surface area contributed by atoms with Gasteiger partial charge in [-0.3, -0.25) is 4.79 Å². The van der Waals surface area contributed by atoms with Crippen molar-refractivity contribution >= 4 is 33.2 Å². The normalized spacial score (nSPS) is 13.5. The number of ether oxygens (including phenoxy) is 2. The zero-order valence-electron chi connectivity index (χ0n) is 13.9. The van der Waals surface area contributed by atoms with E-state index in [4.69, 9.17) is 21.1 Å². The van der Waals surface area contributed by atoms with Crippen LogP contribution < -0.4 is 19.5 Å². The molecule has 0 unspecified atom stereocenters. The van der Waals surface area contributed by atoms with E-state index in [0.717, 1.165) is 0 Å². The Kier molecular flexibility index (Phi) is 5.36. The number of halogens is 1. The van der Waals surface area contributed by atoms with Crippen molar-refractivity contribution in [2.45, 2.75) is 18.4 Å². The molecule has 0 radical (unpaired) electrons. The Morgan fingerprint density at radius 1 is 1.31 bits per heavy atom. The summed E-state index contributed by atoms with van der Waals surface area (Å²) in [7, 11) is -3.90. The van der Waals surface area contributed by atoms with Crippen molar-refractivity contribution in [2.75, 3.05) is 18.5 Å². The van der Waals surface area contributed by atoms with Crippen LogP contribution in [0.15, 0.2) is 41.3 Å². The van der Waals surface area contributed by atoms with Crippen molar-refractivity contribution in [1.29, 1.82) is 0 Å². The predicted molar refractivity (Wildman–Crippen MR) is 97.2 cm³/mol. The minimum absolute atomic E-state index is 0.0138. The zero-order chi connectivity index (χ0) is 18.7. The minimum Gasteiger partial charge on any atom is -0.494 e.